The Bertz CT molecular complexity index is 846. The third-order valence-corrected chi connectivity index (χ3v) is 8.18. The minimum atomic E-state index is -1.11. The lowest BCUT2D eigenvalue weighted by Crippen LogP contribution is -2.58. The number of likely N-dealkylation sites (tertiary alicyclic amines) is 1. The molecule has 3 fully saturated rings. The van der Waals surface area contributed by atoms with Gasteiger partial charge in [-0.15, -0.1) is 13.2 Å². The number of hydrogen-bond acceptors (Lipinski definition) is 6. The van der Waals surface area contributed by atoms with Gasteiger partial charge in [0.25, 0.3) is 0 Å². The lowest BCUT2D eigenvalue weighted by atomic mass is 9.66. The Morgan fingerprint density at radius 1 is 1.25 bits per heavy atom. The summed E-state index contributed by atoms with van der Waals surface area (Å²) in [6.07, 6.45) is 9.90. The molecule has 3 aliphatic heterocycles. The summed E-state index contributed by atoms with van der Waals surface area (Å²) < 4.78 is 12.2. The highest BCUT2D eigenvalue weighted by Gasteiger charge is 2.78. The fraction of sp³-hybridized carbons (Fsp3) is 0.750. The van der Waals surface area contributed by atoms with Crippen LogP contribution in [0.3, 0.4) is 0 Å². The number of carbonyl (C=O) groups is 3. The molecule has 8 heteroatoms. The van der Waals surface area contributed by atoms with E-state index in [4.69, 9.17) is 9.47 Å². The summed E-state index contributed by atoms with van der Waals surface area (Å²) in [5.74, 6) is -2.53. The van der Waals surface area contributed by atoms with Crippen LogP contribution in [0.1, 0.15) is 72.1 Å². The van der Waals surface area contributed by atoms with Gasteiger partial charge in [-0.3, -0.25) is 14.4 Å². The first-order valence-corrected chi connectivity index (χ1v) is 13.5. The first kappa shape index (κ1) is 28.4. The van der Waals surface area contributed by atoms with Gasteiger partial charge in [-0.1, -0.05) is 31.9 Å². The van der Waals surface area contributed by atoms with Gasteiger partial charge in [-0.2, -0.15) is 0 Å². The summed E-state index contributed by atoms with van der Waals surface area (Å²) in [6.45, 7) is 14.1. The molecule has 1 N–H and O–H groups in total. The van der Waals surface area contributed by atoms with Crippen molar-refractivity contribution in [2.45, 2.75) is 95.4 Å². The number of aliphatic hydroxyl groups is 1. The molecule has 2 unspecified atom stereocenters. The second-order valence-corrected chi connectivity index (χ2v) is 10.7. The summed E-state index contributed by atoms with van der Waals surface area (Å²) in [7, 11) is 0. The molecule has 3 saturated heterocycles. The van der Waals surface area contributed by atoms with E-state index in [0.29, 0.717) is 25.9 Å². The number of nitrogens with zero attached hydrogens (tertiary/aromatic N) is 2. The fourth-order valence-corrected chi connectivity index (χ4v) is 6.39. The van der Waals surface area contributed by atoms with Crippen LogP contribution in [0, 0.1) is 11.8 Å². The third-order valence-electron chi connectivity index (χ3n) is 8.18. The van der Waals surface area contributed by atoms with Gasteiger partial charge in [-0.05, 0) is 52.4 Å². The van der Waals surface area contributed by atoms with Gasteiger partial charge >= 0.3 is 5.97 Å². The second-order valence-electron chi connectivity index (χ2n) is 10.7. The zero-order valence-corrected chi connectivity index (χ0v) is 22.2. The minimum Gasteiger partial charge on any atom is -0.465 e. The molecule has 8 nitrogen and oxygen atoms in total. The number of rotatable bonds is 15. The molecule has 2 amide bonds. The maximum absolute atomic E-state index is 14.1. The van der Waals surface area contributed by atoms with Gasteiger partial charge in [-0.25, -0.2) is 0 Å². The van der Waals surface area contributed by atoms with E-state index in [-0.39, 0.29) is 25.0 Å². The molecule has 0 radical (unpaired) electrons. The molecule has 0 aliphatic carbocycles. The van der Waals surface area contributed by atoms with Gasteiger partial charge < -0.3 is 24.4 Å². The van der Waals surface area contributed by atoms with E-state index < -0.39 is 41.1 Å². The highest BCUT2D eigenvalue weighted by Crippen LogP contribution is 2.63. The standard InChI is InChI=1S/C28H44N2O6/c1-6-9-11-13-18-35-26(34)22-21-24(32)30(20(4)19-31)23(28(21)15-14-27(22,5)36-28)25(33)29(16-8-3)17-12-10-7-2/h6,8,20-23,31H,1,3,7,9-19H2,2,4-5H3/t20-,21+,22-,23?,27+,28?/m1/s1. The van der Waals surface area contributed by atoms with Crippen molar-refractivity contribution < 1.29 is 29.0 Å². The van der Waals surface area contributed by atoms with Gasteiger partial charge in [0.2, 0.25) is 11.8 Å². The first-order valence-electron chi connectivity index (χ1n) is 13.5. The van der Waals surface area contributed by atoms with Crippen LogP contribution in [0.15, 0.2) is 25.3 Å². The highest BCUT2D eigenvalue weighted by atomic mass is 16.6. The molecule has 0 aromatic rings. The smallest absolute Gasteiger partial charge is 0.312 e. The number of esters is 1. The Morgan fingerprint density at radius 3 is 2.64 bits per heavy atom. The van der Waals surface area contributed by atoms with Crippen molar-refractivity contribution >= 4 is 17.8 Å². The van der Waals surface area contributed by atoms with E-state index in [2.05, 4.69) is 20.1 Å². The van der Waals surface area contributed by atoms with E-state index in [1.807, 2.05) is 13.0 Å². The zero-order valence-electron chi connectivity index (χ0n) is 22.2. The van der Waals surface area contributed by atoms with Crippen molar-refractivity contribution in [3.8, 4) is 0 Å². The van der Waals surface area contributed by atoms with E-state index in [9.17, 15) is 19.5 Å². The average molecular weight is 505 g/mol. The number of hydrogen-bond donors (Lipinski definition) is 1. The number of carbonyl (C=O) groups excluding carboxylic acids is 3. The number of ether oxygens (including phenoxy) is 2. The van der Waals surface area contributed by atoms with Crippen molar-refractivity contribution in [1.29, 1.82) is 0 Å². The Balaban J connectivity index is 1.93. The fourth-order valence-electron chi connectivity index (χ4n) is 6.39. The summed E-state index contributed by atoms with van der Waals surface area (Å²) in [5.41, 5.74) is -1.97. The van der Waals surface area contributed by atoms with Crippen molar-refractivity contribution in [3.05, 3.63) is 25.3 Å². The van der Waals surface area contributed by atoms with Gasteiger partial charge in [0.15, 0.2) is 0 Å². The number of unbranched alkanes of at least 4 members (excludes halogenated alkanes) is 4. The number of aliphatic hydroxyl groups excluding tert-OH is 1. The molecule has 6 atom stereocenters. The molecular formula is C28H44N2O6. The van der Waals surface area contributed by atoms with Crippen LogP contribution in [0.4, 0.5) is 0 Å². The van der Waals surface area contributed by atoms with Crippen molar-refractivity contribution in [2.75, 3.05) is 26.3 Å². The molecule has 0 aromatic carbocycles. The van der Waals surface area contributed by atoms with E-state index in [1.165, 1.54) is 4.90 Å². The van der Waals surface area contributed by atoms with Crippen LogP contribution in [0.2, 0.25) is 0 Å². The van der Waals surface area contributed by atoms with Crippen molar-refractivity contribution in [2.24, 2.45) is 11.8 Å². The molecule has 202 valence electrons. The number of allylic oxidation sites excluding steroid dienone is 1. The van der Waals surface area contributed by atoms with Crippen LogP contribution >= 0.6 is 0 Å². The normalized spacial score (nSPS) is 31.3. The maximum atomic E-state index is 14.1. The molecule has 2 bridgehead atoms. The van der Waals surface area contributed by atoms with E-state index >= 15 is 0 Å². The van der Waals surface area contributed by atoms with Gasteiger partial charge in [0, 0.05) is 13.1 Å². The second kappa shape index (κ2) is 11.9. The van der Waals surface area contributed by atoms with Crippen molar-refractivity contribution in [3.63, 3.8) is 0 Å². The number of amides is 2. The van der Waals surface area contributed by atoms with Gasteiger partial charge in [0.05, 0.1) is 30.8 Å². The lowest BCUT2D eigenvalue weighted by molar-refractivity contribution is -0.161. The molecular weight excluding hydrogens is 460 g/mol. The molecule has 36 heavy (non-hydrogen) atoms. The third kappa shape index (κ3) is 4.99. The molecule has 3 heterocycles. The topological polar surface area (TPSA) is 96.4 Å². The summed E-state index contributed by atoms with van der Waals surface area (Å²) in [4.78, 5) is 44.6. The summed E-state index contributed by atoms with van der Waals surface area (Å²) in [5, 5.41) is 10.00. The Hall–Kier alpha value is -2.19. The molecule has 3 rings (SSSR count). The largest absolute Gasteiger partial charge is 0.465 e. The Labute approximate surface area is 215 Å². The summed E-state index contributed by atoms with van der Waals surface area (Å²) in [6, 6.07) is -1.48. The number of fused-ring (bicyclic) bond motifs is 1. The maximum Gasteiger partial charge on any atom is 0.312 e. The molecule has 0 saturated carbocycles. The minimum absolute atomic E-state index is 0.204. The predicted molar refractivity (Wildman–Crippen MR) is 137 cm³/mol. The van der Waals surface area contributed by atoms with Crippen molar-refractivity contribution in [1.82, 2.24) is 9.80 Å². The summed E-state index contributed by atoms with van der Waals surface area (Å²) >= 11 is 0. The average Bonchev–Trinajstić information content (AvgIpc) is 3.43. The van der Waals surface area contributed by atoms with Crippen LogP contribution < -0.4 is 0 Å². The van der Waals surface area contributed by atoms with E-state index in [1.54, 1.807) is 17.9 Å². The van der Waals surface area contributed by atoms with Crippen LogP contribution in [-0.2, 0) is 23.9 Å². The molecule has 0 aromatic heterocycles. The Morgan fingerprint density at radius 2 is 2.00 bits per heavy atom. The van der Waals surface area contributed by atoms with Crippen LogP contribution in [0.5, 0.6) is 0 Å². The van der Waals surface area contributed by atoms with E-state index in [0.717, 1.165) is 38.5 Å². The van der Waals surface area contributed by atoms with Crippen LogP contribution in [-0.4, -0.2) is 82.3 Å². The predicted octanol–water partition coefficient (Wildman–Crippen LogP) is 3.24. The SMILES string of the molecule is C=CCCCCOC(=O)[C@H]1[C@H]2C(=O)N([C@H](C)CO)C(C(=O)N(CC=C)CCCCC)C23CC[C@]1(C)O3. The molecule has 3 aliphatic rings. The quantitative estimate of drug-likeness (QED) is 0.209. The van der Waals surface area contributed by atoms with Gasteiger partial charge in [0.1, 0.15) is 17.6 Å². The monoisotopic (exact) mass is 504 g/mol. The lowest BCUT2D eigenvalue weighted by Gasteiger charge is -2.38. The Kier molecular flexibility index (Phi) is 9.39. The highest BCUT2D eigenvalue weighted by molar-refractivity contribution is 5.98. The first-order chi connectivity index (χ1) is 17.2. The molecule has 1 spiro atoms. The van der Waals surface area contributed by atoms with Crippen LogP contribution in [0.25, 0.3) is 0 Å². The zero-order chi connectivity index (χ0) is 26.5.